The predicted octanol–water partition coefficient (Wildman–Crippen LogP) is 1.46. The highest BCUT2D eigenvalue weighted by atomic mass is 16.5. The van der Waals surface area contributed by atoms with Crippen LogP contribution in [0, 0.1) is 5.39 Å². The van der Waals surface area contributed by atoms with Gasteiger partial charge in [-0.1, -0.05) is 0 Å². The van der Waals surface area contributed by atoms with Gasteiger partial charge in [-0.25, -0.2) is 0 Å². The van der Waals surface area contributed by atoms with Crippen molar-refractivity contribution in [2.75, 3.05) is 12.5 Å². The molecule has 0 saturated heterocycles. The second-order valence-corrected chi connectivity index (χ2v) is 1.98. The van der Waals surface area contributed by atoms with Crippen LogP contribution < -0.4 is 10.5 Å². The molecule has 0 unspecified atom stereocenters. The molecule has 0 aliphatic heterocycles. The Hall–Kier alpha value is -1.76. The Morgan fingerprint density at radius 3 is 2.55 bits per heavy atom. The molecular formula is C7H8N3O+. The number of hydrogen-bond donors (Lipinski definition) is 1. The quantitative estimate of drug-likeness (QED) is 0.512. The van der Waals surface area contributed by atoms with E-state index in [1.165, 1.54) is 0 Å². The van der Waals surface area contributed by atoms with E-state index in [-0.39, 0.29) is 6.73 Å². The summed E-state index contributed by atoms with van der Waals surface area (Å²) in [4.78, 5) is 2.80. The van der Waals surface area contributed by atoms with Crippen molar-refractivity contribution in [1.82, 2.24) is 0 Å². The lowest BCUT2D eigenvalue weighted by atomic mass is 10.3. The van der Waals surface area contributed by atoms with Gasteiger partial charge < -0.3 is 10.5 Å². The molecule has 4 heteroatoms. The van der Waals surface area contributed by atoms with Gasteiger partial charge in [-0.2, -0.15) is 0 Å². The van der Waals surface area contributed by atoms with Crippen LogP contribution in [0.15, 0.2) is 24.3 Å². The molecule has 0 heterocycles. The van der Waals surface area contributed by atoms with Crippen LogP contribution in [-0.2, 0) is 0 Å². The summed E-state index contributed by atoms with van der Waals surface area (Å²) in [5.41, 5.74) is 6.11. The average Bonchev–Trinajstić information content (AvgIpc) is 2.04. The number of rotatable bonds is 2. The summed E-state index contributed by atoms with van der Waals surface area (Å²) in [7, 11) is 0. The zero-order valence-electron chi connectivity index (χ0n) is 5.90. The lowest BCUT2D eigenvalue weighted by molar-refractivity contribution is 0.358. The monoisotopic (exact) mass is 150 g/mol. The molecule has 4 nitrogen and oxygen atoms in total. The predicted molar refractivity (Wildman–Crippen MR) is 41.4 cm³/mol. The van der Waals surface area contributed by atoms with Crippen LogP contribution >= 0.6 is 0 Å². The first-order valence-corrected chi connectivity index (χ1v) is 3.12. The van der Waals surface area contributed by atoms with Gasteiger partial charge in [0.1, 0.15) is 5.75 Å². The summed E-state index contributed by atoms with van der Waals surface area (Å²) >= 11 is 0. The van der Waals surface area contributed by atoms with Crippen LogP contribution in [0.5, 0.6) is 5.75 Å². The summed E-state index contributed by atoms with van der Waals surface area (Å²) in [5.74, 6) is 0.636. The second-order valence-electron chi connectivity index (χ2n) is 1.98. The Morgan fingerprint density at radius 1 is 1.36 bits per heavy atom. The van der Waals surface area contributed by atoms with Gasteiger partial charge in [0.15, 0.2) is 4.98 Å². The van der Waals surface area contributed by atoms with E-state index in [1.54, 1.807) is 24.3 Å². The number of benzene rings is 1. The molecule has 0 bridgehead atoms. The summed E-state index contributed by atoms with van der Waals surface area (Å²) in [5, 5.41) is 8.06. The van der Waals surface area contributed by atoms with E-state index in [0.717, 1.165) is 0 Å². The molecule has 1 aromatic rings. The maximum atomic E-state index is 8.06. The Balaban J connectivity index is 2.60. The topological polar surface area (TPSA) is 63.4 Å². The Labute approximate surface area is 64.2 Å². The van der Waals surface area contributed by atoms with Crippen molar-refractivity contribution >= 4 is 5.69 Å². The maximum absolute atomic E-state index is 8.06. The summed E-state index contributed by atoms with van der Waals surface area (Å²) < 4.78 is 4.94. The number of diazo groups is 1. The van der Waals surface area contributed by atoms with Gasteiger partial charge in [0.25, 0.3) is 0 Å². The van der Waals surface area contributed by atoms with Crippen LogP contribution in [0.25, 0.3) is 4.98 Å². The Bertz CT molecular complexity index is 262. The van der Waals surface area contributed by atoms with Crippen molar-refractivity contribution in [1.29, 1.82) is 5.39 Å². The minimum absolute atomic E-state index is 0.0517. The minimum Gasteiger partial charge on any atom is -0.420 e. The third-order valence-corrected chi connectivity index (χ3v) is 1.17. The van der Waals surface area contributed by atoms with Crippen molar-refractivity contribution in [3.05, 3.63) is 29.2 Å². The van der Waals surface area contributed by atoms with Gasteiger partial charge in [0, 0.05) is 5.69 Å². The fourth-order valence-electron chi connectivity index (χ4n) is 0.667. The van der Waals surface area contributed by atoms with Crippen molar-refractivity contribution in [2.24, 2.45) is 0 Å². The van der Waals surface area contributed by atoms with Gasteiger partial charge in [0.05, 0.1) is 0 Å². The lowest BCUT2D eigenvalue weighted by Crippen LogP contribution is -1.91. The maximum Gasteiger partial charge on any atom is 0.447 e. The summed E-state index contributed by atoms with van der Waals surface area (Å²) in [6, 6.07) is 6.85. The molecule has 0 aliphatic rings. The largest absolute Gasteiger partial charge is 0.447 e. The highest BCUT2D eigenvalue weighted by molar-refractivity contribution is 5.41. The third kappa shape index (κ3) is 2.14. The molecule has 11 heavy (non-hydrogen) atoms. The van der Waals surface area contributed by atoms with Crippen LogP contribution in [0.3, 0.4) is 0 Å². The number of anilines is 1. The third-order valence-electron chi connectivity index (χ3n) is 1.17. The van der Waals surface area contributed by atoms with E-state index in [2.05, 4.69) is 4.98 Å². The fourth-order valence-corrected chi connectivity index (χ4v) is 0.667. The molecule has 0 aromatic heterocycles. The molecule has 0 amide bonds. The highest BCUT2D eigenvalue weighted by Crippen LogP contribution is 2.12. The van der Waals surface area contributed by atoms with Crippen molar-refractivity contribution < 1.29 is 4.74 Å². The fraction of sp³-hybridized carbons (Fsp3) is 0.143. The SMILES string of the molecule is N#[N+]COc1ccc(N)cc1. The zero-order chi connectivity index (χ0) is 8.10. The molecule has 0 aliphatic carbocycles. The molecule has 0 saturated carbocycles. The molecule has 0 fully saturated rings. The first-order chi connectivity index (χ1) is 5.33. The first-order valence-electron chi connectivity index (χ1n) is 3.12. The molecule has 1 aromatic carbocycles. The van der Waals surface area contributed by atoms with E-state index >= 15 is 0 Å². The summed E-state index contributed by atoms with van der Waals surface area (Å²) in [6.45, 7) is -0.0517. The second kappa shape index (κ2) is 3.42. The van der Waals surface area contributed by atoms with Gasteiger partial charge >= 0.3 is 6.73 Å². The van der Waals surface area contributed by atoms with E-state index < -0.39 is 0 Å². The van der Waals surface area contributed by atoms with E-state index in [4.69, 9.17) is 15.9 Å². The van der Waals surface area contributed by atoms with Crippen LogP contribution in [0.1, 0.15) is 0 Å². The number of nitrogen functional groups attached to an aromatic ring is 1. The van der Waals surface area contributed by atoms with Crippen LogP contribution in [-0.4, -0.2) is 6.73 Å². The van der Waals surface area contributed by atoms with Crippen molar-refractivity contribution in [3.8, 4) is 5.75 Å². The molecular weight excluding hydrogens is 142 g/mol. The van der Waals surface area contributed by atoms with Crippen molar-refractivity contribution in [2.45, 2.75) is 0 Å². The minimum atomic E-state index is -0.0517. The van der Waals surface area contributed by atoms with Gasteiger partial charge in [-0.05, 0) is 24.3 Å². The number of ether oxygens (including phenoxy) is 1. The molecule has 2 N–H and O–H groups in total. The summed E-state index contributed by atoms with van der Waals surface area (Å²) in [6.07, 6.45) is 0. The molecule has 1 rings (SSSR count). The first kappa shape index (κ1) is 7.35. The van der Waals surface area contributed by atoms with Gasteiger partial charge in [-0.15, -0.1) is 0 Å². The normalized spacial score (nSPS) is 8.64. The molecule has 0 atom stereocenters. The Morgan fingerprint density at radius 2 is 2.00 bits per heavy atom. The smallest absolute Gasteiger partial charge is 0.420 e. The number of nitrogens with two attached hydrogens (primary N) is 1. The zero-order valence-corrected chi connectivity index (χ0v) is 5.90. The standard InChI is InChI=1S/C7H8N3O/c8-6-1-3-7(4-2-6)11-5-10-9/h1-4H,5,8H2/q+1. The molecule has 56 valence electrons. The van der Waals surface area contributed by atoms with Gasteiger partial charge in [0.2, 0.25) is 5.39 Å². The lowest BCUT2D eigenvalue weighted by Gasteiger charge is -1.95. The number of nitrogens with zero attached hydrogens (tertiary/aromatic N) is 2. The van der Waals surface area contributed by atoms with Crippen LogP contribution in [0.4, 0.5) is 5.69 Å². The molecule has 0 radical (unpaired) electrons. The number of hydrogen-bond acceptors (Lipinski definition) is 3. The highest BCUT2D eigenvalue weighted by Gasteiger charge is 1.95. The van der Waals surface area contributed by atoms with Crippen LogP contribution in [0.2, 0.25) is 0 Å². The Kier molecular flexibility index (Phi) is 2.28. The van der Waals surface area contributed by atoms with Crippen molar-refractivity contribution in [3.63, 3.8) is 0 Å². The van der Waals surface area contributed by atoms with E-state index in [0.29, 0.717) is 11.4 Å². The van der Waals surface area contributed by atoms with E-state index in [1.807, 2.05) is 0 Å². The molecule has 0 spiro atoms. The van der Waals surface area contributed by atoms with Gasteiger partial charge in [-0.3, -0.25) is 0 Å². The average molecular weight is 150 g/mol. The van der Waals surface area contributed by atoms with E-state index in [9.17, 15) is 0 Å².